The number of aryl methyl sites for hydroxylation is 1. The molecule has 0 aromatic heterocycles. The van der Waals surface area contributed by atoms with E-state index in [9.17, 15) is 0 Å². The fourth-order valence-electron chi connectivity index (χ4n) is 4.05. The maximum Gasteiger partial charge on any atom is 0.0346 e. The Morgan fingerprint density at radius 3 is 2.33 bits per heavy atom. The van der Waals surface area contributed by atoms with Crippen molar-refractivity contribution in [2.24, 2.45) is 17.8 Å². The second kappa shape index (κ2) is 7.98. The lowest BCUT2D eigenvalue weighted by atomic mass is 9.73. The van der Waals surface area contributed by atoms with Crippen molar-refractivity contribution < 1.29 is 0 Å². The van der Waals surface area contributed by atoms with Crippen LogP contribution in [0.5, 0.6) is 0 Å². The van der Waals surface area contributed by atoms with E-state index in [4.69, 9.17) is 0 Å². The molecular weight excluding hydrogens is 254 g/mol. The van der Waals surface area contributed by atoms with E-state index in [1.807, 2.05) is 0 Å². The van der Waals surface area contributed by atoms with Gasteiger partial charge >= 0.3 is 0 Å². The first kappa shape index (κ1) is 16.5. The van der Waals surface area contributed by atoms with Gasteiger partial charge in [-0.1, -0.05) is 51.5 Å². The lowest BCUT2D eigenvalue weighted by Gasteiger charge is -2.35. The summed E-state index contributed by atoms with van der Waals surface area (Å²) in [6, 6.07) is 9.79. The Kier molecular flexibility index (Phi) is 6.29. The average Bonchev–Trinajstić information content (AvgIpc) is 2.49. The minimum absolute atomic E-state index is 0.537. The van der Waals surface area contributed by atoms with Gasteiger partial charge in [0.05, 0.1) is 0 Å². The molecule has 0 saturated heterocycles. The van der Waals surface area contributed by atoms with E-state index >= 15 is 0 Å². The van der Waals surface area contributed by atoms with Crippen molar-refractivity contribution in [1.82, 2.24) is 5.32 Å². The minimum atomic E-state index is 0.537. The summed E-state index contributed by atoms with van der Waals surface area (Å²) in [5, 5.41) is 3.60. The van der Waals surface area contributed by atoms with Crippen molar-refractivity contribution in [3.8, 4) is 0 Å². The van der Waals surface area contributed by atoms with Gasteiger partial charge in [-0.15, -0.1) is 0 Å². The Morgan fingerprint density at radius 2 is 1.76 bits per heavy atom. The van der Waals surface area contributed by atoms with Crippen LogP contribution in [0.3, 0.4) is 0 Å². The summed E-state index contributed by atoms with van der Waals surface area (Å²) >= 11 is 0. The third-order valence-corrected chi connectivity index (χ3v) is 5.39. The highest BCUT2D eigenvalue weighted by atomic mass is 14.9. The zero-order valence-electron chi connectivity index (χ0n) is 14.4. The van der Waals surface area contributed by atoms with E-state index in [1.165, 1.54) is 49.7 Å². The third kappa shape index (κ3) is 4.32. The van der Waals surface area contributed by atoms with Crippen LogP contribution in [-0.4, -0.2) is 7.05 Å². The molecule has 0 aliphatic heterocycles. The molecule has 21 heavy (non-hydrogen) atoms. The lowest BCUT2D eigenvalue weighted by molar-refractivity contribution is 0.192. The zero-order chi connectivity index (χ0) is 15.2. The van der Waals surface area contributed by atoms with E-state index in [2.05, 4.69) is 57.4 Å². The summed E-state index contributed by atoms with van der Waals surface area (Å²) < 4.78 is 0. The second-order valence-electron chi connectivity index (χ2n) is 7.18. The summed E-state index contributed by atoms with van der Waals surface area (Å²) in [4.78, 5) is 0. The fourth-order valence-corrected chi connectivity index (χ4v) is 4.05. The Hall–Kier alpha value is -0.820. The van der Waals surface area contributed by atoms with Gasteiger partial charge in [0.25, 0.3) is 0 Å². The van der Waals surface area contributed by atoms with Crippen molar-refractivity contribution in [2.45, 2.75) is 65.3 Å². The number of hydrogen-bond donors (Lipinski definition) is 1. The molecule has 1 aromatic carbocycles. The molecule has 1 saturated carbocycles. The summed E-state index contributed by atoms with van der Waals surface area (Å²) in [6.07, 6.45) is 8.01. The van der Waals surface area contributed by atoms with Crippen LogP contribution >= 0.6 is 0 Å². The van der Waals surface area contributed by atoms with Gasteiger partial charge < -0.3 is 5.32 Å². The predicted molar refractivity (Wildman–Crippen MR) is 92.5 cm³/mol. The monoisotopic (exact) mass is 287 g/mol. The highest BCUT2D eigenvalue weighted by molar-refractivity contribution is 5.27. The summed E-state index contributed by atoms with van der Waals surface area (Å²) in [7, 11) is 2.13. The molecule has 1 aliphatic rings. The van der Waals surface area contributed by atoms with Gasteiger partial charge in [0, 0.05) is 6.04 Å². The number of hydrogen-bond acceptors (Lipinski definition) is 1. The van der Waals surface area contributed by atoms with Crippen molar-refractivity contribution >= 4 is 0 Å². The first-order valence-electron chi connectivity index (χ1n) is 8.91. The van der Waals surface area contributed by atoms with Gasteiger partial charge in [0.2, 0.25) is 0 Å². The Bertz CT molecular complexity index is 416. The molecule has 1 fully saturated rings. The molecule has 0 heterocycles. The van der Waals surface area contributed by atoms with E-state index < -0.39 is 0 Å². The Morgan fingerprint density at radius 1 is 1.10 bits per heavy atom. The van der Waals surface area contributed by atoms with Crippen LogP contribution in [0, 0.1) is 17.8 Å². The van der Waals surface area contributed by atoms with Crippen LogP contribution in [0.25, 0.3) is 0 Å². The Balaban J connectivity index is 2.04. The van der Waals surface area contributed by atoms with Crippen molar-refractivity contribution in [3.63, 3.8) is 0 Å². The van der Waals surface area contributed by atoms with Gasteiger partial charge in [-0.3, -0.25) is 0 Å². The molecule has 1 atom stereocenters. The van der Waals surface area contributed by atoms with Crippen LogP contribution in [0.4, 0.5) is 0 Å². The van der Waals surface area contributed by atoms with Crippen LogP contribution < -0.4 is 5.32 Å². The molecule has 1 unspecified atom stereocenters. The number of nitrogens with one attached hydrogen (secondary N) is 1. The van der Waals surface area contributed by atoms with Gasteiger partial charge in [-0.2, -0.15) is 0 Å². The fraction of sp³-hybridized carbons (Fsp3) is 0.700. The standard InChI is InChI=1S/C20H33N/c1-5-7-16-8-6-9-19(14-16)20(21-4)18-12-10-17(11-13-18)15(2)3/h6,8-9,14-15,17-18,20-21H,5,7,10-13H2,1-4H3. The zero-order valence-corrected chi connectivity index (χ0v) is 14.4. The number of rotatable bonds is 6. The van der Waals surface area contributed by atoms with Crippen LogP contribution in [0.2, 0.25) is 0 Å². The molecule has 1 heteroatoms. The molecular formula is C20H33N. The maximum atomic E-state index is 3.60. The van der Waals surface area contributed by atoms with Gasteiger partial charge in [0.1, 0.15) is 0 Å². The van der Waals surface area contributed by atoms with E-state index in [-0.39, 0.29) is 0 Å². The van der Waals surface area contributed by atoms with Crippen LogP contribution in [0.1, 0.15) is 70.0 Å². The third-order valence-electron chi connectivity index (χ3n) is 5.39. The first-order valence-corrected chi connectivity index (χ1v) is 8.91. The molecule has 1 aromatic rings. The predicted octanol–water partition coefficient (Wildman–Crippen LogP) is 5.36. The Labute approximate surface area is 131 Å². The van der Waals surface area contributed by atoms with Crippen LogP contribution in [-0.2, 0) is 6.42 Å². The van der Waals surface area contributed by atoms with Crippen molar-refractivity contribution in [1.29, 1.82) is 0 Å². The second-order valence-corrected chi connectivity index (χ2v) is 7.18. The van der Waals surface area contributed by atoms with E-state index in [1.54, 1.807) is 0 Å². The molecule has 2 rings (SSSR count). The minimum Gasteiger partial charge on any atom is -0.313 e. The average molecular weight is 287 g/mol. The first-order chi connectivity index (χ1) is 10.2. The molecule has 1 aliphatic carbocycles. The quantitative estimate of drug-likeness (QED) is 0.742. The molecule has 0 radical (unpaired) electrons. The smallest absolute Gasteiger partial charge is 0.0346 e. The summed E-state index contributed by atoms with van der Waals surface area (Å²) in [5.41, 5.74) is 2.99. The number of benzene rings is 1. The topological polar surface area (TPSA) is 12.0 Å². The van der Waals surface area contributed by atoms with E-state index in [0.717, 1.165) is 17.8 Å². The molecule has 0 amide bonds. The van der Waals surface area contributed by atoms with Gasteiger partial charge in [-0.05, 0) is 68.0 Å². The van der Waals surface area contributed by atoms with E-state index in [0.29, 0.717) is 6.04 Å². The highest BCUT2D eigenvalue weighted by Gasteiger charge is 2.28. The van der Waals surface area contributed by atoms with Crippen LogP contribution in [0.15, 0.2) is 24.3 Å². The van der Waals surface area contributed by atoms with Crippen molar-refractivity contribution in [3.05, 3.63) is 35.4 Å². The van der Waals surface area contributed by atoms with Gasteiger partial charge in [0.15, 0.2) is 0 Å². The summed E-state index contributed by atoms with van der Waals surface area (Å²) in [5.74, 6) is 2.61. The van der Waals surface area contributed by atoms with Gasteiger partial charge in [-0.25, -0.2) is 0 Å². The highest BCUT2D eigenvalue weighted by Crippen LogP contribution is 2.39. The van der Waals surface area contributed by atoms with Crippen molar-refractivity contribution in [2.75, 3.05) is 7.05 Å². The largest absolute Gasteiger partial charge is 0.313 e. The normalized spacial score (nSPS) is 24.2. The lowest BCUT2D eigenvalue weighted by Crippen LogP contribution is -2.29. The molecule has 0 spiro atoms. The molecule has 1 nitrogen and oxygen atoms in total. The molecule has 118 valence electrons. The molecule has 1 N–H and O–H groups in total. The SMILES string of the molecule is CCCc1cccc(C(NC)C2CCC(C(C)C)CC2)c1. The summed E-state index contributed by atoms with van der Waals surface area (Å²) in [6.45, 7) is 7.03. The molecule has 0 bridgehead atoms. The maximum absolute atomic E-state index is 3.60.